The standard InChI is InChI=1S/C15H31N3/c1-13-11-18(10-9-17(13)4)15(12-16)7-5-14(2,3)6-8-15/h13H,5-12,16H2,1-4H3. The molecule has 3 nitrogen and oxygen atoms in total. The van der Waals surface area contributed by atoms with E-state index in [0.29, 0.717) is 17.0 Å². The average Bonchev–Trinajstić information content (AvgIpc) is 2.34. The molecular weight excluding hydrogens is 222 g/mol. The highest BCUT2D eigenvalue weighted by Crippen LogP contribution is 2.43. The van der Waals surface area contributed by atoms with Crippen LogP contribution in [0.25, 0.3) is 0 Å². The van der Waals surface area contributed by atoms with Crippen molar-refractivity contribution in [3.8, 4) is 0 Å². The first kappa shape index (κ1) is 14.3. The van der Waals surface area contributed by atoms with Crippen molar-refractivity contribution in [3.63, 3.8) is 0 Å². The molecule has 18 heavy (non-hydrogen) atoms. The first-order valence-electron chi connectivity index (χ1n) is 7.54. The molecule has 0 amide bonds. The maximum Gasteiger partial charge on any atom is 0.0333 e. The van der Waals surface area contributed by atoms with Gasteiger partial charge in [0.05, 0.1) is 0 Å². The molecule has 3 heteroatoms. The Morgan fingerprint density at radius 2 is 1.72 bits per heavy atom. The van der Waals surface area contributed by atoms with Crippen LogP contribution in [-0.2, 0) is 0 Å². The molecule has 1 heterocycles. The molecule has 1 aliphatic heterocycles. The van der Waals surface area contributed by atoms with Crippen molar-refractivity contribution in [1.29, 1.82) is 0 Å². The van der Waals surface area contributed by atoms with E-state index in [1.165, 1.54) is 45.3 Å². The van der Waals surface area contributed by atoms with Gasteiger partial charge in [-0.3, -0.25) is 4.90 Å². The van der Waals surface area contributed by atoms with Crippen molar-refractivity contribution in [2.45, 2.75) is 58.0 Å². The summed E-state index contributed by atoms with van der Waals surface area (Å²) in [7, 11) is 2.24. The zero-order valence-electron chi connectivity index (χ0n) is 12.7. The van der Waals surface area contributed by atoms with Crippen LogP contribution in [0.1, 0.15) is 46.5 Å². The van der Waals surface area contributed by atoms with E-state index < -0.39 is 0 Å². The Balaban J connectivity index is 2.05. The molecule has 0 radical (unpaired) electrons. The first-order valence-corrected chi connectivity index (χ1v) is 7.54. The summed E-state index contributed by atoms with van der Waals surface area (Å²) in [4.78, 5) is 5.17. The lowest BCUT2D eigenvalue weighted by Gasteiger charge is -2.53. The van der Waals surface area contributed by atoms with Crippen LogP contribution in [0.5, 0.6) is 0 Å². The van der Waals surface area contributed by atoms with E-state index in [9.17, 15) is 0 Å². The fraction of sp³-hybridized carbons (Fsp3) is 1.00. The van der Waals surface area contributed by atoms with Crippen molar-refractivity contribution in [2.75, 3.05) is 33.2 Å². The first-order chi connectivity index (χ1) is 8.38. The third-order valence-corrected chi connectivity index (χ3v) is 5.54. The molecule has 1 saturated carbocycles. The summed E-state index contributed by atoms with van der Waals surface area (Å²) in [5, 5.41) is 0. The molecule has 0 bridgehead atoms. The topological polar surface area (TPSA) is 32.5 Å². The van der Waals surface area contributed by atoms with Gasteiger partial charge in [-0.25, -0.2) is 0 Å². The van der Waals surface area contributed by atoms with E-state index in [2.05, 4.69) is 37.6 Å². The van der Waals surface area contributed by atoms with Crippen LogP contribution in [-0.4, -0.2) is 54.6 Å². The summed E-state index contributed by atoms with van der Waals surface area (Å²) in [6.45, 7) is 11.5. The van der Waals surface area contributed by atoms with Crippen molar-refractivity contribution in [2.24, 2.45) is 11.1 Å². The number of hydrogen-bond donors (Lipinski definition) is 1. The summed E-state index contributed by atoms with van der Waals surface area (Å²) in [5.41, 5.74) is 7.00. The molecule has 1 saturated heterocycles. The van der Waals surface area contributed by atoms with Gasteiger partial charge >= 0.3 is 0 Å². The predicted octanol–water partition coefficient (Wildman–Crippen LogP) is 1.92. The smallest absolute Gasteiger partial charge is 0.0333 e. The van der Waals surface area contributed by atoms with Crippen LogP contribution in [0.2, 0.25) is 0 Å². The minimum absolute atomic E-state index is 0.297. The van der Waals surface area contributed by atoms with E-state index in [1.807, 2.05) is 0 Å². The minimum Gasteiger partial charge on any atom is -0.329 e. The average molecular weight is 253 g/mol. The van der Waals surface area contributed by atoms with Crippen molar-refractivity contribution < 1.29 is 0 Å². The lowest BCUT2D eigenvalue weighted by molar-refractivity contribution is -0.0209. The Morgan fingerprint density at radius 1 is 1.11 bits per heavy atom. The van der Waals surface area contributed by atoms with E-state index in [4.69, 9.17) is 5.73 Å². The quantitative estimate of drug-likeness (QED) is 0.816. The van der Waals surface area contributed by atoms with Gasteiger partial charge in [-0.15, -0.1) is 0 Å². The molecule has 0 aromatic rings. The van der Waals surface area contributed by atoms with Gasteiger partial charge in [0, 0.05) is 37.8 Å². The number of nitrogens with zero attached hydrogens (tertiary/aromatic N) is 2. The molecule has 2 N–H and O–H groups in total. The molecule has 2 fully saturated rings. The number of piperazine rings is 1. The fourth-order valence-corrected chi connectivity index (χ4v) is 3.52. The normalized spacial score (nSPS) is 33.5. The van der Waals surface area contributed by atoms with E-state index in [0.717, 1.165) is 6.54 Å². The van der Waals surface area contributed by atoms with Gasteiger partial charge in [-0.05, 0) is 45.1 Å². The van der Waals surface area contributed by atoms with E-state index in [1.54, 1.807) is 0 Å². The molecule has 1 atom stereocenters. The molecular formula is C15H31N3. The summed E-state index contributed by atoms with van der Waals surface area (Å²) in [6, 6.07) is 0.664. The highest BCUT2D eigenvalue weighted by molar-refractivity contribution is 5.00. The van der Waals surface area contributed by atoms with Crippen LogP contribution in [0.3, 0.4) is 0 Å². The number of nitrogens with two attached hydrogens (primary N) is 1. The van der Waals surface area contributed by atoms with Crippen molar-refractivity contribution in [1.82, 2.24) is 9.80 Å². The Kier molecular flexibility index (Phi) is 4.05. The lowest BCUT2D eigenvalue weighted by Crippen LogP contribution is -2.63. The SMILES string of the molecule is CC1CN(C2(CN)CCC(C)(C)CC2)CCN1C. The Bertz CT molecular complexity index is 277. The van der Waals surface area contributed by atoms with E-state index >= 15 is 0 Å². The van der Waals surface area contributed by atoms with Gasteiger partial charge in [-0.1, -0.05) is 13.8 Å². The maximum atomic E-state index is 6.18. The molecule has 0 aromatic heterocycles. The third kappa shape index (κ3) is 2.73. The lowest BCUT2D eigenvalue weighted by atomic mass is 9.68. The van der Waals surface area contributed by atoms with Gasteiger partial charge in [0.1, 0.15) is 0 Å². The predicted molar refractivity (Wildman–Crippen MR) is 77.7 cm³/mol. The monoisotopic (exact) mass is 253 g/mol. The van der Waals surface area contributed by atoms with Crippen LogP contribution in [0.4, 0.5) is 0 Å². The largest absolute Gasteiger partial charge is 0.329 e. The summed E-state index contributed by atoms with van der Waals surface area (Å²) >= 11 is 0. The minimum atomic E-state index is 0.297. The van der Waals surface area contributed by atoms with Crippen LogP contribution < -0.4 is 5.73 Å². The molecule has 106 valence electrons. The maximum absolute atomic E-state index is 6.18. The number of rotatable bonds is 2. The fourth-order valence-electron chi connectivity index (χ4n) is 3.52. The van der Waals surface area contributed by atoms with Crippen molar-refractivity contribution >= 4 is 0 Å². The molecule has 0 aromatic carbocycles. The Hall–Kier alpha value is -0.120. The molecule has 2 rings (SSSR count). The Labute approximate surface area is 113 Å². The second-order valence-corrected chi connectivity index (χ2v) is 7.37. The molecule has 1 aliphatic carbocycles. The zero-order valence-corrected chi connectivity index (χ0v) is 12.7. The van der Waals surface area contributed by atoms with Gasteiger partial charge < -0.3 is 10.6 Å². The molecule has 0 spiro atoms. The summed E-state index contributed by atoms with van der Waals surface area (Å²) in [6.07, 6.45) is 5.22. The summed E-state index contributed by atoms with van der Waals surface area (Å²) < 4.78 is 0. The van der Waals surface area contributed by atoms with Crippen molar-refractivity contribution in [3.05, 3.63) is 0 Å². The van der Waals surface area contributed by atoms with Crippen LogP contribution in [0.15, 0.2) is 0 Å². The van der Waals surface area contributed by atoms with Gasteiger partial charge in [0.2, 0.25) is 0 Å². The van der Waals surface area contributed by atoms with E-state index in [-0.39, 0.29) is 0 Å². The number of hydrogen-bond acceptors (Lipinski definition) is 3. The highest BCUT2D eigenvalue weighted by atomic mass is 15.3. The highest BCUT2D eigenvalue weighted by Gasteiger charge is 2.43. The second kappa shape index (κ2) is 5.10. The number of likely N-dealkylation sites (N-methyl/N-ethyl adjacent to an activating group) is 1. The van der Waals surface area contributed by atoms with Gasteiger partial charge in [0.15, 0.2) is 0 Å². The second-order valence-electron chi connectivity index (χ2n) is 7.37. The molecule has 1 unspecified atom stereocenters. The Morgan fingerprint density at radius 3 is 2.22 bits per heavy atom. The van der Waals surface area contributed by atoms with Gasteiger partial charge in [-0.2, -0.15) is 0 Å². The molecule has 2 aliphatic rings. The zero-order chi connectivity index (χ0) is 13.4. The van der Waals surface area contributed by atoms with Gasteiger partial charge in [0.25, 0.3) is 0 Å². The third-order valence-electron chi connectivity index (χ3n) is 5.54. The summed E-state index contributed by atoms with van der Waals surface area (Å²) in [5.74, 6) is 0. The van der Waals surface area contributed by atoms with Crippen LogP contribution in [0, 0.1) is 5.41 Å². The van der Waals surface area contributed by atoms with Crippen LogP contribution >= 0.6 is 0 Å².